The van der Waals surface area contributed by atoms with Gasteiger partial charge in [0.2, 0.25) is 0 Å². The third-order valence-electron chi connectivity index (χ3n) is 3.73. The minimum atomic E-state index is -4.75. The maximum Gasteiger partial charge on any atom is 0.420 e. The van der Waals surface area contributed by atoms with E-state index >= 15 is 0 Å². The second-order valence-corrected chi connectivity index (χ2v) is 5.81. The predicted molar refractivity (Wildman–Crippen MR) is 106 cm³/mol. The largest absolute Gasteiger partial charge is 0.427 e. The van der Waals surface area contributed by atoms with Crippen LogP contribution in [0.5, 0.6) is 5.75 Å². The maximum atomic E-state index is 12.9. The Balaban J connectivity index is 0.000000316. The Hall–Kier alpha value is -4.21. The Morgan fingerprint density at radius 3 is 2.00 bits per heavy atom. The van der Waals surface area contributed by atoms with E-state index in [1.165, 1.54) is 12.1 Å². The monoisotopic (exact) mass is 432 g/mol. The van der Waals surface area contributed by atoms with E-state index in [0.29, 0.717) is 5.69 Å². The van der Waals surface area contributed by atoms with Gasteiger partial charge in [0, 0.05) is 17.8 Å². The molecule has 0 fully saturated rings. The molecule has 0 atom stereocenters. The van der Waals surface area contributed by atoms with Crippen molar-refractivity contribution in [3.63, 3.8) is 0 Å². The number of amides is 1. The van der Waals surface area contributed by atoms with Gasteiger partial charge in [-0.15, -0.1) is 0 Å². The number of nitrogens with zero attached hydrogens (tertiary/aromatic N) is 1. The smallest absolute Gasteiger partial charge is 0.420 e. The molecule has 3 aromatic rings. The molecule has 0 bridgehead atoms. The van der Waals surface area contributed by atoms with Crippen LogP contribution in [0.2, 0.25) is 0 Å². The van der Waals surface area contributed by atoms with Crippen molar-refractivity contribution >= 4 is 23.8 Å². The molecule has 10 heteroatoms. The number of halogens is 3. The van der Waals surface area contributed by atoms with Gasteiger partial charge >= 0.3 is 6.18 Å². The third kappa shape index (κ3) is 6.67. The summed E-state index contributed by atoms with van der Waals surface area (Å²) in [6.07, 6.45) is -4.75. The van der Waals surface area contributed by atoms with E-state index in [0.717, 1.165) is 18.2 Å². The molecule has 0 saturated heterocycles. The van der Waals surface area contributed by atoms with Crippen molar-refractivity contribution < 1.29 is 32.4 Å². The fraction of sp³-hybridized carbons (Fsp3) is 0.0476. The number of alkyl halides is 3. The van der Waals surface area contributed by atoms with Crippen molar-refractivity contribution in [2.24, 2.45) is 0 Å². The van der Waals surface area contributed by atoms with E-state index in [-0.39, 0.29) is 17.7 Å². The summed E-state index contributed by atoms with van der Waals surface area (Å²) in [6.45, 7) is -0.149. The number of anilines is 1. The van der Waals surface area contributed by atoms with Gasteiger partial charge < -0.3 is 10.1 Å². The summed E-state index contributed by atoms with van der Waals surface area (Å²) in [5, 5.41) is 12.4. The molecular formula is C21H15F3N2O5. The minimum absolute atomic E-state index is 0.137. The lowest BCUT2D eigenvalue weighted by atomic mass is 10.1. The molecule has 0 saturated carbocycles. The molecule has 1 amide bonds. The summed E-state index contributed by atoms with van der Waals surface area (Å²) in [7, 11) is 0. The van der Waals surface area contributed by atoms with Crippen molar-refractivity contribution in [1.29, 1.82) is 0 Å². The number of benzene rings is 3. The number of carbonyl (C=O) groups is 2. The zero-order valence-corrected chi connectivity index (χ0v) is 15.7. The molecule has 0 spiro atoms. The van der Waals surface area contributed by atoms with E-state index in [4.69, 9.17) is 0 Å². The highest BCUT2D eigenvalue weighted by molar-refractivity contribution is 6.06. The number of para-hydroxylation sites is 3. The highest BCUT2D eigenvalue weighted by atomic mass is 19.4. The van der Waals surface area contributed by atoms with Crippen LogP contribution in [-0.2, 0) is 11.0 Å². The van der Waals surface area contributed by atoms with Crippen molar-refractivity contribution in [1.82, 2.24) is 0 Å². The molecule has 0 unspecified atom stereocenters. The molecule has 0 aliphatic heterocycles. The van der Waals surface area contributed by atoms with Gasteiger partial charge in [0.05, 0.1) is 16.1 Å². The van der Waals surface area contributed by atoms with Crippen molar-refractivity contribution in [3.8, 4) is 5.75 Å². The second kappa shape index (κ2) is 10.5. The van der Waals surface area contributed by atoms with Crippen LogP contribution < -0.4 is 10.1 Å². The quantitative estimate of drug-likeness (QED) is 0.344. The highest BCUT2D eigenvalue weighted by Crippen LogP contribution is 2.38. The Labute approximate surface area is 174 Å². The fourth-order valence-corrected chi connectivity index (χ4v) is 2.38. The first-order valence-corrected chi connectivity index (χ1v) is 8.60. The summed E-state index contributed by atoms with van der Waals surface area (Å²) in [5.41, 5.74) is -1.04. The number of non-ortho nitro benzene ring substituents is 1. The molecular weight excluding hydrogens is 417 g/mol. The summed E-state index contributed by atoms with van der Waals surface area (Å²) in [4.78, 5) is 32.2. The molecule has 0 aliphatic rings. The van der Waals surface area contributed by atoms with Gasteiger partial charge in [-0.1, -0.05) is 42.5 Å². The van der Waals surface area contributed by atoms with E-state index in [2.05, 4.69) is 10.1 Å². The molecule has 160 valence electrons. The summed E-state index contributed by atoms with van der Waals surface area (Å²) in [6, 6.07) is 19.1. The average Bonchev–Trinajstić information content (AvgIpc) is 2.75. The topological polar surface area (TPSA) is 98.5 Å². The third-order valence-corrected chi connectivity index (χ3v) is 3.73. The number of hydrogen-bond donors (Lipinski definition) is 1. The van der Waals surface area contributed by atoms with Crippen LogP contribution in [0.15, 0.2) is 78.9 Å². The summed E-state index contributed by atoms with van der Waals surface area (Å²) in [5.74, 6) is -1.63. The van der Waals surface area contributed by atoms with E-state index in [1.807, 2.05) is 0 Å². The molecule has 0 aliphatic carbocycles. The first kappa shape index (κ1) is 23.1. The van der Waals surface area contributed by atoms with Gasteiger partial charge in [-0.2, -0.15) is 13.2 Å². The summed E-state index contributed by atoms with van der Waals surface area (Å²) < 4.78 is 43.1. The Bertz CT molecular complexity index is 1040. The number of nitro benzene ring substituents is 1. The standard InChI is InChI=1S/C15H10F3NO3.C6H5NO2/c16-15(17,18)12-8-4-7-11(13(12)22-9-20)14(21)19-10-5-2-1-3-6-10;8-7(9)6-4-2-1-3-5-6/h1-9H,(H,19,21);1-5H. The van der Waals surface area contributed by atoms with Gasteiger partial charge in [0.1, 0.15) is 0 Å². The molecule has 1 N–H and O–H groups in total. The number of nitrogens with one attached hydrogen (secondary N) is 1. The van der Waals surface area contributed by atoms with Crippen molar-refractivity contribution in [3.05, 3.63) is 100 Å². The van der Waals surface area contributed by atoms with Crippen LogP contribution in [-0.4, -0.2) is 17.3 Å². The Kier molecular flexibility index (Phi) is 7.84. The predicted octanol–water partition coefficient (Wildman–Crippen LogP) is 5.09. The van der Waals surface area contributed by atoms with Crippen LogP contribution in [0.4, 0.5) is 24.5 Å². The van der Waals surface area contributed by atoms with Gasteiger partial charge in [0.15, 0.2) is 5.75 Å². The zero-order valence-electron chi connectivity index (χ0n) is 15.7. The lowest BCUT2D eigenvalue weighted by molar-refractivity contribution is -0.384. The van der Waals surface area contributed by atoms with E-state index in [9.17, 15) is 32.9 Å². The van der Waals surface area contributed by atoms with Crippen LogP contribution in [0.1, 0.15) is 15.9 Å². The van der Waals surface area contributed by atoms with Gasteiger partial charge in [-0.25, -0.2) is 0 Å². The lowest BCUT2D eigenvalue weighted by Gasteiger charge is -2.14. The molecule has 3 rings (SSSR count). The van der Waals surface area contributed by atoms with E-state index < -0.39 is 28.3 Å². The molecule has 3 aromatic carbocycles. The highest BCUT2D eigenvalue weighted by Gasteiger charge is 2.36. The van der Waals surface area contributed by atoms with Crippen molar-refractivity contribution in [2.75, 3.05) is 5.32 Å². The molecule has 0 aromatic heterocycles. The summed E-state index contributed by atoms with van der Waals surface area (Å²) >= 11 is 0. The van der Waals surface area contributed by atoms with Crippen LogP contribution in [0, 0.1) is 10.1 Å². The van der Waals surface area contributed by atoms with E-state index in [1.54, 1.807) is 48.5 Å². The Morgan fingerprint density at radius 1 is 0.935 bits per heavy atom. The number of ether oxygens (including phenoxy) is 1. The SMILES string of the molecule is O=COc1c(C(=O)Nc2ccccc2)cccc1C(F)(F)F.O=[N+]([O-])c1ccccc1. The number of hydrogen-bond acceptors (Lipinski definition) is 5. The second-order valence-electron chi connectivity index (χ2n) is 5.81. The van der Waals surface area contributed by atoms with Gasteiger partial charge in [-0.3, -0.25) is 19.7 Å². The molecule has 31 heavy (non-hydrogen) atoms. The average molecular weight is 432 g/mol. The normalized spacial score (nSPS) is 10.3. The number of carbonyl (C=O) groups excluding carboxylic acids is 2. The first-order valence-electron chi connectivity index (χ1n) is 8.60. The molecule has 7 nitrogen and oxygen atoms in total. The van der Waals surface area contributed by atoms with Crippen LogP contribution in [0.3, 0.4) is 0 Å². The zero-order chi connectivity index (χ0) is 22.9. The lowest BCUT2D eigenvalue weighted by Crippen LogP contribution is -2.17. The molecule has 0 heterocycles. The van der Waals surface area contributed by atoms with Crippen molar-refractivity contribution in [2.45, 2.75) is 6.18 Å². The molecule has 0 radical (unpaired) electrons. The minimum Gasteiger partial charge on any atom is -0.427 e. The maximum absolute atomic E-state index is 12.9. The van der Waals surface area contributed by atoms with Gasteiger partial charge in [-0.05, 0) is 24.3 Å². The first-order chi connectivity index (χ1) is 14.7. The number of rotatable bonds is 5. The van der Waals surface area contributed by atoms with Crippen LogP contribution >= 0.6 is 0 Å². The Morgan fingerprint density at radius 2 is 1.52 bits per heavy atom. The fourth-order valence-electron chi connectivity index (χ4n) is 2.38. The number of nitro groups is 1. The van der Waals surface area contributed by atoms with Crippen LogP contribution in [0.25, 0.3) is 0 Å². The van der Waals surface area contributed by atoms with Gasteiger partial charge in [0.25, 0.3) is 18.1 Å².